The standard InChI is InChI=1S/C22H25N5O2/c1-2-3-19(22(28)29)20(21-24-26-27-25-21)10-14-4-6-15(7-5-14)16-8-9-17-12-23-13-18(17)11-16/h4-9,11,19-20,23H,2-3,10,12-13H2,1H3,(H,28,29)(H,24,25,26,27). The van der Waals surface area contributed by atoms with Crippen molar-refractivity contribution in [1.82, 2.24) is 25.9 Å². The average Bonchev–Trinajstić information content (AvgIpc) is 3.42. The minimum atomic E-state index is -0.815. The molecule has 3 N–H and O–H groups in total. The average molecular weight is 391 g/mol. The number of aliphatic carboxylic acids is 1. The maximum atomic E-state index is 11.9. The van der Waals surface area contributed by atoms with Gasteiger partial charge in [-0.05, 0) is 46.7 Å². The van der Waals surface area contributed by atoms with Gasteiger partial charge in [0.05, 0.1) is 5.92 Å². The molecule has 2 aromatic carbocycles. The van der Waals surface area contributed by atoms with Crippen LogP contribution in [-0.4, -0.2) is 31.7 Å². The smallest absolute Gasteiger partial charge is 0.307 e. The molecule has 150 valence electrons. The van der Waals surface area contributed by atoms with Gasteiger partial charge in [-0.25, -0.2) is 0 Å². The SMILES string of the molecule is CCCC(C(=O)O)C(Cc1ccc(-c2ccc3c(c2)CNC3)cc1)c1nn[nH]n1. The van der Waals surface area contributed by atoms with Crippen LogP contribution in [0.3, 0.4) is 0 Å². The number of rotatable bonds is 8. The lowest BCUT2D eigenvalue weighted by Crippen LogP contribution is -2.25. The van der Waals surface area contributed by atoms with E-state index in [1.54, 1.807) is 0 Å². The highest BCUT2D eigenvalue weighted by atomic mass is 16.4. The van der Waals surface area contributed by atoms with E-state index in [2.05, 4.69) is 68.4 Å². The van der Waals surface area contributed by atoms with Crippen molar-refractivity contribution in [2.45, 2.75) is 45.2 Å². The van der Waals surface area contributed by atoms with Gasteiger partial charge in [-0.15, -0.1) is 10.2 Å². The van der Waals surface area contributed by atoms with Crippen LogP contribution in [0.4, 0.5) is 0 Å². The van der Waals surface area contributed by atoms with E-state index in [1.165, 1.54) is 16.7 Å². The van der Waals surface area contributed by atoms with E-state index in [0.29, 0.717) is 18.7 Å². The number of carboxylic acid groups (broad SMARTS) is 1. The molecule has 1 aliphatic heterocycles. The zero-order valence-electron chi connectivity index (χ0n) is 16.4. The van der Waals surface area contributed by atoms with Crippen molar-refractivity contribution in [1.29, 1.82) is 0 Å². The van der Waals surface area contributed by atoms with Gasteiger partial charge in [0.15, 0.2) is 5.82 Å². The molecule has 0 saturated heterocycles. The number of carboxylic acids is 1. The summed E-state index contributed by atoms with van der Waals surface area (Å²) in [4.78, 5) is 11.9. The Kier molecular flexibility index (Phi) is 5.67. The number of aromatic nitrogens is 4. The summed E-state index contributed by atoms with van der Waals surface area (Å²) in [6.07, 6.45) is 1.93. The molecule has 0 spiro atoms. The highest BCUT2D eigenvalue weighted by Gasteiger charge is 2.31. The fourth-order valence-electron chi connectivity index (χ4n) is 4.11. The van der Waals surface area contributed by atoms with E-state index in [1.807, 2.05) is 6.92 Å². The summed E-state index contributed by atoms with van der Waals surface area (Å²) in [5.41, 5.74) is 6.14. The highest BCUT2D eigenvalue weighted by Crippen LogP contribution is 2.31. The molecule has 2 heterocycles. The normalized spacial score (nSPS) is 15.1. The van der Waals surface area contributed by atoms with Crippen LogP contribution in [0.25, 0.3) is 11.1 Å². The third-order valence-electron chi connectivity index (χ3n) is 5.68. The summed E-state index contributed by atoms with van der Waals surface area (Å²) >= 11 is 0. The Morgan fingerprint density at radius 1 is 1.10 bits per heavy atom. The minimum absolute atomic E-state index is 0.317. The van der Waals surface area contributed by atoms with Crippen molar-refractivity contribution in [3.05, 3.63) is 65.0 Å². The van der Waals surface area contributed by atoms with Gasteiger partial charge in [0, 0.05) is 19.0 Å². The van der Waals surface area contributed by atoms with Gasteiger partial charge in [-0.2, -0.15) is 5.21 Å². The van der Waals surface area contributed by atoms with Gasteiger partial charge in [-0.1, -0.05) is 55.0 Å². The fraction of sp³-hybridized carbons (Fsp3) is 0.364. The Hall–Kier alpha value is -3.06. The summed E-state index contributed by atoms with van der Waals surface area (Å²) in [5, 5.41) is 27.4. The molecule has 1 aromatic heterocycles. The molecule has 0 fully saturated rings. The molecular formula is C22H25N5O2. The quantitative estimate of drug-likeness (QED) is 0.544. The van der Waals surface area contributed by atoms with Crippen LogP contribution in [0.15, 0.2) is 42.5 Å². The Labute approximate surface area is 169 Å². The molecule has 0 saturated carbocycles. The third kappa shape index (κ3) is 4.19. The molecule has 0 bridgehead atoms. The fourth-order valence-corrected chi connectivity index (χ4v) is 4.11. The second-order valence-corrected chi connectivity index (χ2v) is 7.60. The second-order valence-electron chi connectivity index (χ2n) is 7.60. The van der Waals surface area contributed by atoms with Crippen LogP contribution in [0.1, 0.15) is 48.2 Å². The molecule has 3 aromatic rings. The third-order valence-corrected chi connectivity index (χ3v) is 5.68. The first-order valence-electron chi connectivity index (χ1n) is 10.0. The zero-order chi connectivity index (χ0) is 20.2. The predicted molar refractivity (Wildman–Crippen MR) is 109 cm³/mol. The summed E-state index contributed by atoms with van der Waals surface area (Å²) < 4.78 is 0. The van der Waals surface area contributed by atoms with Gasteiger partial charge in [-0.3, -0.25) is 4.79 Å². The number of tetrazole rings is 1. The Morgan fingerprint density at radius 2 is 1.86 bits per heavy atom. The number of aromatic amines is 1. The van der Waals surface area contributed by atoms with Crippen LogP contribution in [0.2, 0.25) is 0 Å². The predicted octanol–water partition coefficient (Wildman–Crippen LogP) is 3.30. The van der Waals surface area contributed by atoms with E-state index in [9.17, 15) is 9.90 Å². The number of fused-ring (bicyclic) bond motifs is 1. The van der Waals surface area contributed by atoms with Gasteiger partial charge < -0.3 is 10.4 Å². The molecular weight excluding hydrogens is 366 g/mol. The lowest BCUT2D eigenvalue weighted by Gasteiger charge is -2.21. The van der Waals surface area contributed by atoms with Crippen LogP contribution in [0.5, 0.6) is 0 Å². The van der Waals surface area contributed by atoms with Crippen molar-refractivity contribution in [3.63, 3.8) is 0 Å². The Morgan fingerprint density at radius 3 is 2.55 bits per heavy atom. The van der Waals surface area contributed by atoms with Gasteiger partial charge >= 0.3 is 5.97 Å². The lowest BCUT2D eigenvalue weighted by atomic mass is 9.83. The first kappa shape index (κ1) is 19.3. The van der Waals surface area contributed by atoms with E-state index >= 15 is 0 Å². The maximum absolute atomic E-state index is 11.9. The molecule has 0 amide bonds. The van der Waals surface area contributed by atoms with Crippen LogP contribution < -0.4 is 5.32 Å². The molecule has 7 nitrogen and oxygen atoms in total. The van der Waals surface area contributed by atoms with Gasteiger partial charge in [0.25, 0.3) is 0 Å². The summed E-state index contributed by atoms with van der Waals surface area (Å²) in [6, 6.07) is 14.9. The summed E-state index contributed by atoms with van der Waals surface area (Å²) in [6.45, 7) is 3.85. The number of nitrogens with one attached hydrogen (secondary N) is 2. The van der Waals surface area contributed by atoms with E-state index in [-0.39, 0.29) is 5.92 Å². The number of hydrogen-bond donors (Lipinski definition) is 3. The van der Waals surface area contributed by atoms with Crippen molar-refractivity contribution in [2.75, 3.05) is 0 Å². The number of H-pyrrole nitrogens is 1. The number of nitrogens with zero attached hydrogens (tertiary/aromatic N) is 3. The van der Waals surface area contributed by atoms with Crippen LogP contribution in [-0.2, 0) is 24.3 Å². The zero-order valence-corrected chi connectivity index (χ0v) is 16.4. The topological polar surface area (TPSA) is 104 Å². The second kappa shape index (κ2) is 8.53. The van der Waals surface area contributed by atoms with Gasteiger partial charge in [0.2, 0.25) is 0 Å². The minimum Gasteiger partial charge on any atom is -0.481 e. The van der Waals surface area contributed by atoms with Crippen LogP contribution in [0, 0.1) is 5.92 Å². The summed E-state index contributed by atoms with van der Waals surface area (Å²) in [5.74, 6) is -1.21. The number of carbonyl (C=O) groups is 1. The number of hydrogen-bond acceptors (Lipinski definition) is 5. The van der Waals surface area contributed by atoms with Crippen molar-refractivity contribution < 1.29 is 9.90 Å². The summed E-state index contributed by atoms with van der Waals surface area (Å²) in [7, 11) is 0. The van der Waals surface area contributed by atoms with Crippen LogP contribution >= 0.6 is 0 Å². The molecule has 7 heteroatoms. The van der Waals surface area contributed by atoms with Crippen molar-refractivity contribution >= 4 is 5.97 Å². The Balaban J connectivity index is 1.56. The first-order valence-corrected chi connectivity index (χ1v) is 10.0. The molecule has 0 aliphatic carbocycles. The lowest BCUT2D eigenvalue weighted by molar-refractivity contribution is -0.142. The first-order chi connectivity index (χ1) is 14.2. The van der Waals surface area contributed by atoms with Gasteiger partial charge in [0.1, 0.15) is 0 Å². The number of benzene rings is 2. The van der Waals surface area contributed by atoms with E-state index in [4.69, 9.17) is 0 Å². The molecule has 0 radical (unpaired) electrons. The molecule has 1 aliphatic rings. The molecule has 4 rings (SSSR count). The largest absolute Gasteiger partial charge is 0.481 e. The maximum Gasteiger partial charge on any atom is 0.307 e. The van der Waals surface area contributed by atoms with E-state index in [0.717, 1.165) is 30.6 Å². The molecule has 29 heavy (non-hydrogen) atoms. The monoisotopic (exact) mass is 391 g/mol. The van der Waals surface area contributed by atoms with Crippen molar-refractivity contribution in [3.8, 4) is 11.1 Å². The van der Waals surface area contributed by atoms with Crippen molar-refractivity contribution in [2.24, 2.45) is 5.92 Å². The molecule has 2 atom stereocenters. The highest BCUT2D eigenvalue weighted by molar-refractivity contribution is 5.71. The van der Waals surface area contributed by atoms with E-state index < -0.39 is 11.9 Å². The Bertz CT molecular complexity index is 969. The molecule has 2 unspecified atom stereocenters.